The lowest BCUT2D eigenvalue weighted by Gasteiger charge is -2.08. The van der Waals surface area contributed by atoms with Gasteiger partial charge >= 0.3 is 0 Å². The molecule has 0 aromatic heterocycles. The molecule has 0 aliphatic rings. The molecule has 5 heteroatoms. The largest absolute Gasteiger partial charge is 0.316 e. The lowest BCUT2D eigenvalue weighted by atomic mass is 10.2. The van der Waals surface area contributed by atoms with Gasteiger partial charge in [-0.2, -0.15) is 0 Å². The Morgan fingerprint density at radius 2 is 1.58 bits per heavy atom. The normalized spacial score (nSPS) is 10.7. The van der Waals surface area contributed by atoms with Gasteiger partial charge in [0.2, 0.25) is 0 Å². The Kier molecular flexibility index (Phi) is 4.50. The predicted octanol–water partition coefficient (Wildman–Crippen LogP) is 3.97. The third-order valence-corrected chi connectivity index (χ3v) is 3.57. The molecule has 0 spiro atoms. The van der Waals surface area contributed by atoms with Crippen molar-refractivity contribution in [1.82, 2.24) is 5.32 Å². The molecule has 100 valence electrons. The lowest BCUT2D eigenvalue weighted by molar-refractivity contribution is 0.536. The van der Waals surface area contributed by atoms with E-state index >= 15 is 0 Å². The summed E-state index contributed by atoms with van der Waals surface area (Å²) in [4.78, 5) is 0.507. The summed E-state index contributed by atoms with van der Waals surface area (Å²) in [5, 5.41) is 2.83. The van der Waals surface area contributed by atoms with Gasteiger partial charge in [-0.1, -0.05) is 11.8 Å². The fourth-order valence-electron chi connectivity index (χ4n) is 1.64. The molecular formula is C14H12F3NS. The Morgan fingerprint density at radius 3 is 2.11 bits per heavy atom. The van der Waals surface area contributed by atoms with Crippen LogP contribution >= 0.6 is 11.8 Å². The van der Waals surface area contributed by atoms with Crippen LogP contribution in [-0.2, 0) is 6.54 Å². The standard InChI is InChI=1S/C14H12F3NS/c1-18-8-9-6-12(16)14(13(17)7-9)19-11-4-2-10(15)3-5-11/h2-7,18H,8H2,1H3. The van der Waals surface area contributed by atoms with Gasteiger partial charge in [0.25, 0.3) is 0 Å². The van der Waals surface area contributed by atoms with E-state index in [1.54, 1.807) is 7.05 Å². The average molecular weight is 283 g/mol. The van der Waals surface area contributed by atoms with E-state index in [9.17, 15) is 13.2 Å². The van der Waals surface area contributed by atoms with Gasteiger partial charge in [-0.25, -0.2) is 13.2 Å². The first kappa shape index (κ1) is 14.0. The van der Waals surface area contributed by atoms with Gasteiger partial charge in [0.1, 0.15) is 17.5 Å². The zero-order chi connectivity index (χ0) is 13.8. The summed E-state index contributed by atoms with van der Waals surface area (Å²) in [6, 6.07) is 8.08. The highest BCUT2D eigenvalue weighted by Gasteiger charge is 2.12. The maximum Gasteiger partial charge on any atom is 0.140 e. The maximum absolute atomic E-state index is 13.8. The Morgan fingerprint density at radius 1 is 1.00 bits per heavy atom. The maximum atomic E-state index is 13.8. The molecule has 0 heterocycles. The highest BCUT2D eigenvalue weighted by atomic mass is 32.2. The van der Waals surface area contributed by atoms with Crippen LogP contribution in [-0.4, -0.2) is 7.05 Å². The zero-order valence-corrected chi connectivity index (χ0v) is 11.0. The molecule has 1 nitrogen and oxygen atoms in total. The minimum Gasteiger partial charge on any atom is -0.316 e. The van der Waals surface area contributed by atoms with Crippen molar-refractivity contribution in [3.8, 4) is 0 Å². The van der Waals surface area contributed by atoms with E-state index in [1.165, 1.54) is 36.4 Å². The molecule has 19 heavy (non-hydrogen) atoms. The molecule has 0 saturated carbocycles. The fourth-order valence-corrected chi connectivity index (χ4v) is 2.46. The van der Waals surface area contributed by atoms with Crippen LogP contribution in [0.1, 0.15) is 5.56 Å². The molecule has 0 amide bonds. The third kappa shape index (κ3) is 3.52. The van der Waals surface area contributed by atoms with Gasteiger partial charge in [-0.15, -0.1) is 0 Å². The molecule has 1 N–H and O–H groups in total. The molecule has 0 aliphatic heterocycles. The van der Waals surface area contributed by atoms with Gasteiger partial charge < -0.3 is 5.32 Å². The number of hydrogen-bond acceptors (Lipinski definition) is 2. The van der Waals surface area contributed by atoms with Crippen molar-refractivity contribution in [1.29, 1.82) is 0 Å². The Bertz CT molecular complexity index is 546. The van der Waals surface area contributed by atoms with Crippen molar-refractivity contribution < 1.29 is 13.2 Å². The average Bonchev–Trinajstić information content (AvgIpc) is 2.36. The SMILES string of the molecule is CNCc1cc(F)c(Sc2ccc(F)cc2)c(F)c1. The summed E-state index contributed by atoms with van der Waals surface area (Å²) in [5.74, 6) is -1.60. The number of halogens is 3. The van der Waals surface area contributed by atoms with Gasteiger partial charge in [-0.3, -0.25) is 0 Å². The smallest absolute Gasteiger partial charge is 0.140 e. The molecule has 0 saturated heterocycles. The highest BCUT2D eigenvalue weighted by molar-refractivity contribution is 7.99. The summed E-state index contributed by atoms with van der Waals surface area (Å²) < 4.78 is 40.4. The predicted molar refractivity (Wildman–Crippen MR) is 69.6 cm³/mol. The third-order valence-electron chi connectivity index (χ3n) is 2.47. The van der Waals surface area contributed by atoms with Crippen molar-refractivity contribution in [2.45, 2.75) is 16.3 Å². The number of hydrogen-bond donors (Lipinski definition) is 1. The first-order valence-electron chi connectivity index (χ1n) is 5.66. The summed E-state index contributed by atoms with van der Waals surface area (Å²) in [6.07, 6.45) is 0. The van der Waals surface area contributed by atoms with Crippen LogP contribution in [0.25, 0.3) is 0 Å². The summed E-state index contributed by atoms with van der Waals surface area (Å²) >= 11 is 0.939. The van der Waals surface area contributed by atoms with Crippen LogP contribution < -0.4 is 5.32 Å². The van der Waals surface area contributed by atoms with Gasteiger partial charge in [0.15, 0.2) is 0 Å². The van der Waals surface area contributed by atoms with Crippen LogP contribution in [0, 0.1) is 17.5 Å². The summed E-state index contributed by atoms with van der Waals surface area (Å²) in [7, 11) is 1.71. The number of rotatable bonds is 4. The molecule has 0 fully saturated rings. The van der Waals surface area contributed by atoms with Crippen LogP contribution in [0.4, 0.5) is 13.2 Å². The van der Waals surface area contributed by atoms with Crippen LogP contribution in [0.3, 0.4) is 0 Å². The van der Waals surface area contributed by atoms with E-state index in [4.69, 9.17) is 0 Å². The summed E-state index contributed by atoms with van der Waals surface area (Å²) in [5.41, 5.74) is 0.543. The molecule has 2 aromatic carbocycles. The van der Waals surface area contributed by atoms with Crippen LogP contribution in [0.2, 0.25) is 0 Å². The van der Waals surface area contributed by atoms with E-state index in [1.807, 2.05) is 0 Å². The number of benzene rings is 2. The van der Waals surface area contributed by atoms with E-state index in [0.717, 1.165) is 11.8 Å². The second-order valence-corrected chi connectivity index (χ2v) is 5.06. The molecule has 0 bridgehead atoms. The van der Waals surface area contributed by atoms with E-state index in [2.05, 4.69) is 5.32 Å². The van der Waals surface area contributed by atoms with Crippen molar-refractivity contribution in [2.24, 2.45) is 0 Å². The van der Waals surface area contributed by atoms with E-state index in [0.29, 0.717) is 17.0 Å². The first-order chi connectivity index (χ1) is 9.10. The van der Waals surface area contributed by atoms with Crippen molar-refractivity contribution >= 4 is 11.8 Å². The second-order valence-electron chi connectivity index (χ2n) is 3.97. The molecule has 0 aliphatic carbocycles. The first-order valence-corrected chi connectivity index (χ1v) is 6.47. The van der Waals surface area contributed by atoms with Crippen molar-refractivity contribution in [3.05, 3.63) is 59.4 Å². The van der Waals surface area contributed by atoms with Gasteiger partial charge in [0.05, 0.1) is 4.90 Å². The Balaban J connectivity index is 2.27. The van der Waals surface area contributed by atoms with Gasteiger partial charge in [0, 0.05) is 11.4 Å². The minimum absolute atomic E-state index is 0.0774. The summed E-state index contributed by atoms with van der Waals surface area (Å²) in [6.45, 7) is 0.398. The molecule has 0 unspecified atom stereocenters. The van der Waals surface area contributed by atoms with Gasteiger partial charge in [-0.05, 0) is 49.0 Å². The quantitative estimate of drug-likeness (QED) is 0.911. The van der Waals surface area contributed by atoms with Crippen molar-refractivity contribution in [2.75, 3.05) is 7.05 Å². The zero-order valence-electron chi connectivity index (χ0n) is 10.2. The molecule has 2 rings (SSSR count). The van der Waals surface area contributed by atoms with E-state index < -0.39 is 11.6 Å². The van der Waals surface area contributed by atoms with Crippen LogP contribution in [0.5, 0.6) is 0 Å². The molecule has 2 aromatic rings. The van der Waals surface area contributed by atoms with Crippen LogP contribution in [0.15, 0.2) is 46.2 Å². The highest BCUT2D eigenvalue weighted by Crippen LogP contribution is 2.32. The molecule has 0 atom stereocenters. The lowest BCUT2D eigenvalue weighted by Crippen LogP contribution is -2.06. The topological polar surface area (TPSA) is 12.0 Å². The molecule has 0 radical (unpaired) electrons. The fraction of sp³-hybridized carbons (Fsp3) is 0.143. The van der Waals surface area contributed by atoms with Crippen molar-refractivity contribution in [3.63, 3.8) is 0 Å². The number of nitrogens with one attached hydrogen (secondary N) is 1. The second kappa shape index (κ2) is 6.12. The monoisotopic (exact) mass is 283 g/mol. The Labute approximate surface area is 113 Å². The van der Waals surface area contributed by atoms with E-state index in [-0.39, 0.29) is 10.7 Å². The minimum atomic E-state index is -0.612. The Hall–Kier alpha value is -1.46. The molecular weight excluding hydrogens is 271 g/mol.